The quantitative estimate of drug-likeness (QED) is 0.592. The fourth-order valence-electron chi connectivity index (χ4n) is 3.92. The highest BCUT2D eigenvalue weighted by Gasteiger charge is 2.33. The van der Waals surface area contributed by atoms with Crippen molar-refractivity contribution in [2.45, 2.75) is 51.1 Å². The molecule has 4 rings (SSSR count). The minimum absolute atomic E-state index is 0.105. The van der Waals surface area contributed by atoms with Gasteiger partial charge < -0.3 is 10.2 Å². The molecule has 1 fully saturated rings. The van der Waals surface area contributed by atoms with Crippen LogP contribution in [0.2, 0.25) is 0 Å². The van der Waals surface area contributed by atoms with Crippen molar-refractivity contribution in [3.63, 3.8) is 0 Å². The van der Waals surface area contributed by atoms with E-state index in [1.54, 1.807) is 0 Å². The van der Waals surface area contributed by atoms with Crippen molar-refractivity contribution < 1.29 is 4.79 Å². The van der Waals surface area contributed by atoms with Gasteiger partial charge in [-0.15, -0.1) is 0 Å². The SMILES string of the molecule is C[C@@H](CCc1ccccc1)NC(=O)[C@H]1CCCN1c1nc(Cc2ccccc2)ns1. The molecule has 1 amide bonds. The van der Waals surface area contributed by atoms with Gasteiger partial charge in [0, 0.05) is 30.5 Å². The van der Waals surface area contributed by atoms with E-state index in [0.717, 1.165) is 49.6 Å². The maximum absolute atomic E-state index is 13.0. The molecule has 1 aliphatic rings. The summed E-state index contributed by atoms with van der Waals surface area (Å²) in [7, 11) is 0. The van der Waals surface area contributed by atoms with Crippen LogP contribution in [0.25, 0.3) is 0 Å². The van der Waals surface area contributed by atoms with Crippen LogP contribution in [0.3, 0.4) is 0 Å². The maximum atomic E-state index is 13.0. The van der Waals surface area contributed by atoms with Gasteiger partial charge in [-0.2, -0.15) is 4.37 Å². The predicted molar refractivity (Wildman–Crippen MR) is 122 cm³/mol. The van der Waals surface area contributed by atoms with E-state index in [4.69, 9.17) is 4.98 Å². The zero-order valence-electron chi connectivity index (χ0n) is 17.3. The van der Waals surface area contributed by atoms with Crippen molar-refractivity contribution in [1.29, 1.82) is 0 Å². The van der Waals surface area contributed by atoms with E-state index in [2.05, 4.69) is 57.9 Å². The van der Waals surface area contributed by atoms with E-state index < -0.39 is 0 Å². The van der Waals surface area contributed by atoms with E-state index in [0.29, 0.717) is 0 Å². The number of carbonyl (C=O) groups excluding carboxylic acids is 1. The Morgan fingerprint density at radius 3 is 2.57 bits per heavy atom. The number of nitrogens with one attached hydrogen (secondary N) is 1. The topological polar surface area (TPSA) is 58.1 Å². The number of carbonyl (C=O) groups is 1. The largest absolute Gasteiger partial charge is 0.352 e. The van der Waals surface area contributed by atoms with Gasteiger partial charge in [0.1, 0.15) is 11.9 Å². The van der Waals surface area contributed by atoms with Crippen molar-refractivity contribution >= 4 is 22.6 Å². The average Bonchev–Trinajstić information content (AvgIpc) is 3.43. The Kier molecular flexibility index (Phi) is 6.74. The van der Waals surface area contributed by atoms with E-state index in [9.17, 15) is 4.79 Å². The summed E-state index contributed by atoms with van der Waals surface area (Å²) in [5.41, 5.74) is 2.51. The second-order valence-electron chi connectivity index (χ2n) is 7.94. The summed E-state index contributed by atoms with van der Waals surface area (Å²) < 4.78 is 4.53. The molecule has 1 aliphatic heterocycles. The van der Waals surface area contributed by atoms with Gasteiger partial charge in [-0.3, -0.25) is 4.79 Å². The summed E-state index contributed by atoms with van der Waals surface area (Å²) in [6, 6.07) is 20.7. The van der Waals surface area contributed by atoms with Gasteiger partial charge in [0.2, 0.25) is 11.0 Å². The molecule has 30 heavy (non-hydrogen) atoms. The van der Waals surface area contributed by atoms with Crippen molar-refractivity contribution in [3.8, 4) is 0 Å². The number of aromatic nitrogens is 2. The molecule has 2 atom stereocenters. The number of anilines is 1. The van der Waals surface area contributed by atoms with Gasteiger partial charge in [0.05, 0.1) is 0 Å². The summed E-state index contributed by atoms with van der Waals surface area (Å²) in [6.45, 7) is 2.94. The van der Waals surface area contributed by atoms with E-state index in [-0.39, 0.29) is 18.0 Å². The number of rotatable bonds is 8. The zero-order chi connectivity index (χ0) is 20.8. The first-order valence-corrected chi connectivity index (χ1v) is 11.4. The minimum atomic E-state index is -0.151. The average molecular weight is 421 g/mol. The molecule has 0 spiro atoms. The molecule has 5 nitrogen and oxygen atoms in total. The van der Waals surface area contributed by atoms with Crippen molar-refractivity contribution in [1.82, 2.24) is 14.7 Å². The number of benzene rings is 2. The monoisotopic (exact) mass is 420 g/mol. The molecule has 6 heteroatoms. The number of amides is 1. The Bertz CT molecular complexity index is 944. The third kappa shape index (κ3) is 5.25. The molecule has 156 valence electrons. The second kappa shape index (κ2) is 9.85. The lowest BCUT2D eigenvalue weighted by Gasteiger charge is -2.24. The summed E-state index contributed by atoms with van der Waals surface area (Å²) in [5.74, 6) is 0.927. The van der Waals surface area contributed by atoms with Crippen LogP contribution in [0.15, 0.2) is 60.7 Å². The van der Waals surface area contributed by atoms with E-state index in [1.807, 2.05) is 24.3 Å². The lowest BCUT2D eigenvalue weighted by Crippen LogP contribution is -2.46. The number of hydrogen-bond acceptors (Lipinski definition) is 5. The molecule has 3 aromatic rings. The lowest BCUT2D eigenvalue weighted by atomic mass is 10.1. The number of aryl methyl sites for hydroxylation is 1. The molecule has 2 heterocycles. The standard InChI is InChI=1S/C24H28N4OS/c1-18(14-15-19-9-4-2-5-10-19)25-23(29)21-13-8-16-28(21)24-26-22(27-30-24)17-20-11-6-3-7-12-20/h2-7,9-12,18,21H,8,13-17H2,1H3,(H,25,29)/t18-,21+/m0/s1. The van der Waals surface area contributed by atoms with Crippen LogP contribution in [-0.2, 0) is 17.6 Å². The summed E-state index contributed by atoms with van der Waals surface area (Å²) in [5, 5.41) is 4.07. The van der Waals surface area contributed by atoms with Crippen LogP contribution in [0.4, 0.5) is 5.13 Å². The van der Waals surface area contributed by atoms with Crippen LogP contribution in [-0.4, -0.2) is 33.9 Å². The maximum Gasteiger partial charge on any atom is 0.242 e. The van der Waals surface area contributed by atoms with Gasteiger partial charge >= 0.3 is 0 Å². The highest BCUT2D eigenvalue weighted by molar-refractivity contribution is 7.09. The fraction of sp³-hybridized carbons (Fsp3) is 0.375. The summed E-state index contributed by atoms with van der Waals surface area (Å²) in [4.78, 5) is 19.8. The minimum Gasteiger partial charge on any atom is -0.352 e. The van der Waals surface area contributed by atoms with Gasteiger partial charge in [-0.05, 0) is 43.7 Å². The zero-order valence-corrected chi connectivity index (χ0v) is 18.1. The summed E-state index contributed by atoms with van der Waals surface area (Å²) >= 11 is 1.40. The molecule has 1 aromatic heterocycles. The molecule has 0 radical (unpaired) electrons. The van der Waals surface area contributed by atoms with Crippen LogP contribution in [0, 0.1) is 0 Å². The number of nitrogens with zero attached hydrogens (tertiary/aromatic N) is 3. The van der Waals surface area contributed by atoms with Gasteiger partial charge in [0.15, 0.2) is 0 Å². The van der Waals surface area contributed by atoms with Crippen LogP contribution >= 0.6 is 11.5 Å². The van der Waals surface area contributed by atoms with Gasteiger partial charge in [0.25, 0.3) is 0 Å². The smallest absolute Gasteiger partial charge is 0.242 e. The van der Waals surface area contributed by atoms with Crippen molar-refractivity contribution in [3.05, 3.63) is 77.6 Å². The first-order chi connectivity index (χ1) is 14.7. The first-order valence-electron chi connectivity index (χ1n) is 10.7. The highest BCUT2D eigenvalue weighted by atomic mass is 32.1. The molecule has 1 saturated heterocycles. The van der Waals surface area contributed by atoms with E-state index in [1.165, 1.54) is 22.7 Å². The van der Waals surface area contributed by atoms with Crippen molar-refractivity contribution in [2.75, 3.05) is 11.4 Å². The highest BCUT2D eigenvalue weighted by Crippen LogP contribution is 2.28. The van der Waals surface area contributed by atoms with E-state index >= 15 is 0 Å². The second-order valence-corrected chi connectivity index (χ2v) is 8.67. The van der Waals surface area contributed by atoms with Crippen molar-refractivity contribution in [2.24, 2.45) is 0 Å². The molecule has 0 saturated carbocycles. The Balaban J connectivity index is 1.33. The van der Waals surface area contributed by atoms with Crippen LogP contribution in [0.1, 0.15) is 43.1 Å². The normalized spacial score (nSPS) is 17.1. The van der Waals surface area contributed by atoms with Crippen LogP contribution < -0.4 is 10.2 Å². The predicted octanol–water partition coefficient (Wildman–Crippen LogP) is 4.24. The summed E-state index contributed by atoms with van der Waals surface area (Å²) in [6.07, 6.45) is 4.49. The Morgan fingerprint density at radius 1 is 1.13 bits per heavy atom. The Morgan fingerprint density at radius 2 is 1.83 bits per heavy atom. The third-order valence-corrected chi connectivity index (χ3v) is 6.35. The molecule has 0 aliphatic carbocycles. The molecular weight excluding hydrogens is 392 g/mol. The molecule has 0 bridgehead atoms. The first kappa shape index (κ1) is 20.5. The number of hydrogen-bond donors (Lipinski definition) is 1. The van der Waals surface area contributed by atoms with Gasteiger partial charge in [-0.25, -0.2) is 4.98 Å². The molecular formula is C24H28N4OS. The Hall–Kier alpha value is -2.73. The molecule has 2 aromatic carbocycles. The lowest BCUT2D eigenvalue weighted by molar-refractivity contribution is -0.122. The van der Waals surface area contributed by atoms with Crippen LogP contribution in [0.5, 0.6) is 0 Å². The molecule has 1 N–H and O–H groups in total. The van der Waals surface area contributed by atoms with Gasteiger partial charge in [-0.1, -0.05) is 60.7 Å². The fourth-order valence-corrected chi connectivity index (χ4v) is 4.68. The Labute approximate surface area is 182 Å². The third-order valence-electron chi connectivity index (χ3n) is 5.56. The molecule has 0 unspecified atom stereocenters.